The highest BCUT2D eigenvalue weighted by Gasteiger charge is 2.24. The van der Waals surface area contributed by atoms with Gasteiger partial charge in [-0.2, -0.15) is 0 Å². The van der Waals surface area contributed by atoms with Gasteiger partial charge in [-0.3, -0.25) is 24.8 Å². The summed E-state index contributed by atoms with van der Waals surface area (Å²) in [5.41, 5.74) is 0.999. The van der Waals surface area contributed by atoms with Crippen molar-refractivity contribution in [2.75, 3.05) is 18.4 Å². The Morgan fingerprint density at radius 1 is 1.31 bits per heavy atom. The van der Waals surface area contributed by atoms with Crippen LogP contribution in [0.1, 0.15) is 41.8 Å². The molecule has 26 heavy (non-hydrogen) atoms. The van der Waals surface area contributed by atoms with Crippen molar-refractivity contribution in [1.82, 2.24) is 25.2 Å². The standard InChI is InChI=1S/C17H22N6O2S/c1-17(2,3)22-14(24)10-23-7-4-11-13(9-23)26-16(20-11)21-15(25)12-8-18-5-6-19-12/h5-6,8H,4,7,9-10H2,1-3H3,(H,22,24)(H,20,21,25). The molecule has 9 heteroatoms. The molecule has 0 bridgehead atoms. The van der Waals surface area contributed by atoms with Crippen LogP contribution < -0.4 is 10.6 Å². The summed E-state index contributed by atoms with van der Waals surface area (Å²) in [6.07, 6.45) is 5.17. The molecule has 0 unspecified atom stereocenters. The van der Waals surface area contributed by atoms with Gasteiger partial charge in [-0.25, -0.2) is 9.97 Å². The Morgan fingerprint density at radius 3 is 2.81 bits per heavy atom. The summed E-state index contributed by atoms with van der Waals surface area (Å²) in [5.74, 6) is -0.313. The molecule has 2 aromatic heterocycles. The summed E-state index contributed by atoms with van der Waals surface area (Å²) >= 11 is 1.44. The third-order valence-electron chi connectivity index (χ3n) is 3.71. The maximum absolute atomic E-state index is 12.2. The number of aromatic nitrogens is 3. The molecule has 8 nitrogen and oxygen atoms in total. The zero-order chi connectivity index (χ0) is 18.7. The summed E-state index contributed by atoms with van der Waals surface area (Å²) in [5, 5.41) is 6.30. The fourth-order valence-corrected chi connectivity index (χ4v) is 3.72. The van der Waals surface area contributed by atoms with E-state index >= 15 is 0 Å². The van der Waals surface area contributed by atoms with Gasteiger partial charge in [0.05, 0.1) is 18.4 Å². The highest BCUT2D eigenvalue weighted by molar-refractivity contribution is 7.15. The number of amides is 2. The molecule has 1 aliphatic heterocycles. The van der Waals surface area contributed by atoms with E-state index in [1.807, 2.05) is 20.8 Å². The number of thiazole rings is 1. The van der Waals surface area contributed by atoms with Crippen molar-refractivity contribution in [3.63, 3.8) is 0 Å². The minimum Gasteiger partial charge on any atom is -0.350 e. The van der Waals surface area contributed by atoms with Crippen molar-refractivity contribution >= 4 is 28.3 Å². The highest BCUT2D eigenvalue weighted by Crippen LogP contribution is 2.28. The van der Waals surface area contributed by atoms with E-state index in [-0.39, 0.29) is 23.0 Å². The van der Waals surface area contributed by atoms with E-state index in [0.717, 1.165) is 23.5 Å². The Hall–Kier alpha value is -2.39. The number of hydrogen-bond donors (Lipinski definition) is 2. The molecule has 1 aliphatic rings. The van der Waals surface area contributed by atoms with Gasteiger partial charge >= 0.3 is 0 Å². The topological polar surface area (TPSA) is 100 Å². The SMILES string of the molecule is CC(C)(C)NC(=O)CN1CCc2nc(NC(=O)c3cnccn3)sc2C1. The van der Waals surface area contributed by atoms with E-state index in [9.17, 15) is 9.59 Å². The predicted octanol–water partition coefficient (Wildman–Crippen LogP) is 1.46. The molecule has 0 aliphatic carbocycles. The largest absolute Gasteiger partial charge is 0.350 e. The van der Waals surface area contributed by atoms with Crippen molar-refractivity contribution in [3.05, 3.63) is 34.9 Å². The first kappa shape index (κ1) is 18.4. The average molecular weight is 374 g/mol. The number of nitrogens with zero attached hydrogens (tertiary/aromatic N) is 4. The molecule has 0 spiro atoms. The lowest BCUT2D eigenvalue weighted by molar-refractivity contribution is -0.123. The molecule has 0 atom stereocenters. The number of nitrogens with one attached hydrogen (secondary N) is 2. The molecule has 0 radical (unpaired) electrons. The van der Waals surface area contributed by atoms with E-state index in [2.05, 4.69) is 30.5 Å². The van der Waals surface area contributed by atoms with Gasteiger partial charge < -0.3 is 5.32 Å². The second-order valence-corrected chi connectivity index (χ2v) is 8.28. The zero-order valence-corrected chi connectivity index (χ0v) is 15.9. The van der Waals surface area contributed by atoms with Crippen LogP contribution in [0.25, 0.3) is 0 Å². The van der Waals surface area contributed by atoms with Crippen molar-refractivity contribution in [2.24, 2.45) is 0 Å². The van der Waals surface area contributed by atoms with Crippen LogP contribution in [0.3, 0.4) is 0 Å². The van der Waals surface area contributed by atoms with Gasteiger partial charge in [-0.15, -0.1) is 11.3 Å². The van der Waals surface area contributed by atoms with Crippen molar-refractivity contribution in [2.45, 2.75) is 39.3 Å². The molecular formula is C17H22N6O2S. The molecule has 0 saturated carbocycles. The molecular weight excluding hydrogens is 352 g/mol. The Kier molecular flexibility index (Phi) is 5.28. The third-order valence-corrected chi connectivity index (χ3v) is 4.71. The number of rotatable bonds is 4. The minimum atomic E-state index is -0.328. The van der Waals surface area contributed by atoms with Gasteiger partial charge in [0.1, 0.15) is 5.69 Å². The molecule has 2 amide bonds. The molecule has 0 fully saturated rings. The van der Waals surface area contributed by atoms with Crippen LogP contribution in [0.15, 0.2) is 18.6 Å². The Morgan fingerprint density at radius 2 is 2.12 bits per heavy atom. The van der Waals surface area contributed by atoms with E-state index in [1.165, 1.54) is 29.9 Å². The van der Waals surface area contributed by atoms with E-state index < -0.39 is 0 Å². The summed E-state index contributed by atoms with van der Waals surface area (Å²) in [6, 6.07) is 0. The van der Waals surface area contributed by atoms with Gasteiger partial charge in [0.25, 0.3) is 5.91 Å². The first-order valence-electron chi connectivity index (χ1n) is 8.39. The first-order chi connectivity index (χ1) is 12.3. The fraction of sp³-hybridized carbons (Fsp3) is 0.471. The van der Waals surface area contributed by atoms with Crippen LogP contribution in [0.5, 0.6) is 0 Å². The van der Waals surface area contributed by atoms with Crippen molar-refractivity contribution < 1.29 is 9.59 Å². The maximum Gasteiger partial charge on any atom is 0.277 e. The maximum atomic E-state index is 12.2. The van der Waals surface area contributed by atoms with Gasteiger partial charge in [0.15, 0.2) is 5.13 Å². The monoisotopic (exact) mass is 374 g/mol. The summed E-state index contributed by atoms with van der Waals surface area (Å²) in [4.78, 5) is 39.8. The predicted molar refractivity (Wildman–Crippen MR) is 99.0 cm³/mol. The Bertz CT molecular complexity index is 799. The lowest BCUT2D eigenvalue weighted by Crippen LogP contribution is -2.46. The van der Waals surface area contributed by atoms with Crippen LogP contribution in [0, 0.1) is 0 Å². The average Bonchev–Trinajstić information content (AvgIpc) is 2.95. The quantitative estimate of drug-likeness (QED) is 0.840. The molecule has 138 valence electrons. The lowest BCUT2D eigenvalue weighted by Gasteiger charge is -2.27. The molecule has 3 rings (SSSR count). The number of anilines is 1. The van der Waals surface area contributed by atoms with Crippen LogP contribution in [0.4, 0.5) is 5.13 Å². The molecule has 0 aromatic carbocycles. The second kappa shape index (κ2) is 7.46. The third kappa shape index (κ3) is 4.83. The smallest absolute Gasteiger partial charge is 0.277 e. The van der Waals surface area contributed by atoms with Gasteiger partial charge in [0, 0.05) is 42.3 Å². The van der Waals surface area contributed by atoms with E-state index in [4.69, 9.17) is 0 Å². The number of fused-ring (bicyclic) bond motifs is 1. The normalized spacial score (nSPS) is 14.6. The van der Waals surface area contributed by atoms with Gasteiger partial charge in [-0.05, 0) is 20.8 Å². The van der Waals surface area contributed by atoms with E-state index in [1.54, 1.807) is 0 Å². The van der Waals surface area contributed by atoms with Crippen LogP contribution in [0.2, 0.25) is 0 Å². The second-order valence-electron chi connectivity index (χ2n) is 7.19. The minimum absolute atomic E-state index is 0.0154. The Balaban J connectivity index is 1.60. The molecule has 0 saturated heterocycles. The lowest BCUT2D eigenvalue weighted by atomic mass is 10.1. The highest BCUT2D eigenvalue weighted by atomic mass is 32.1. The molecule has 2 N–H and O–H groups in total. The van der Waals surface area contributed by atoms with Crippen molar-refractivity contribution in [1.29, 1.82) is 0 Å². The van der Waals surface area contributed by atoms with Crippen molar-refractivity contribution in [3.8, 4) is 0 Å². The van der Waals surface area contributed by atoms with Crippen LogP contribution in [-0.2, 0) is 17.8 Å². The summed E-state index contributed by atoms with van der Waals surface area (Å²) in [7, 11) is 0. The zero-order valence-electron chi connectivity index (χ0n) is 15.1. The van der Waals surface area contributed by atoms with Gasteiger partial charge in [0.2, 0.25) is 5.91 Å². The van der Waals surface area contributed by atoms with E-state index in [0.29, 0.717) is 18.2 Å². The number of carbonyl (C=O) groups excluding carboxylic acids is 2. The van der Waals surface area contributed by atoms with Gasteiger partial charge in [-0.1, -0.05) is 0 Å². The number of carbonyl (C=O) groups is 2. The Labute approximate surface area is 156 Å². The molecule has 2 aromatic rings. The molecule has 3 heterocycles. The fourth-order valence-electron chi connectivity index (χ4n) is 2.68. The first-order valence-corrected chi connectivity index (χ1v) is 9.21. The summed E-state index contributed by atoms with van der Waals surface area (Å²) in [6.45, 7) is 7.69. The summed E-state index contributed by atoms with van der Waals surface area (Å²) < 4.78 is 0. The number of hydrogen-bond acceptors (Lipinski definition) is 7. The van der Waals surface area contributed by atoms with Crippen LogP contribution in [-0.4, -0.2) is 50.3 Å². The van der Waals surface area contributed by atoms with Crippen LogP contribution >= 0.6 is 11.3 Å².